The van der Waals surface area contributed by atoms with Crippen molar-refractivity contribution in [1.29, 1.82) is 5.26 Å². The minimum atomic E-state index is -0.414. The first-order valence-electron chi connectivity index (χ1n) is 11.4. The van der Waals surface area contributed by atoms with Gasteiger partial charge in [-0.05, 0) is 55.5 Å². The molecule has 8 nitrogen and oxygen atoms in total. The van der Waals surface area contributed by atoms with Gasteiger partial charge in [0.05, 0.1) is 25.4 Å². The topological polar surface area (TPSA) is 87.9 Å². The number of amides is 1. The van der Waals surface area contributed by atoms with Crippen LogP contribution in [0.1, 0.15) is 36.8 Å². The second kappa shape index (κ2) is 8.56. The Morgan fingerprint density at radius 1 is 1.12 bits per heavy atom. The van der Waals surface area contributed by atoms with Crippen LogP contribution < -0.4 is 14.4 Å². The number of carbonyl (C=O) groups excluding carboxylic acids is 1. The molecule has 1 aliphatic carbocycles. The molecule has 2 unspecified atom stereocenters. The van der Waals surface area contributed by atoms with E-state index in [0.29, 0.717) is 30.2 Å². The highest BCUT2D eigenvalue weighted by Gasteiger charge is 2.47. The maximum absolute atomic E-state index is 13.1. The summed E-state index contributed by atoms with van der Waals surface area (Å²) in [7, 11) is 3.23. The number of anilines is 1. The number of fused-ring (bicyclic) bond motifs is 2. The highest BCUT2D eigenvalue weighted by molar-refractivity contribution is 5.78. The molecule has 1 saturated carbocycles. The SMILES string of the molecule is COc1ccc(C2(OCC(=O)N3CC4CCC(C3)N4c3ccc(C#N)cn3)CC2)cc1OC. The third-order valence-electron chi connectivity index (χ3n) is 7.06. The van der Waals surface area contributed by atoms with Crippen molar-refractivity contribution in [2.75, 3.05) is 38.8 Å². The molecule has 172 valence electrons. The number of hydrogen-bond donors (Lipinski definition) is 0. The lowest BCUT2D eigenvalue weighted by Crippen LogP contribution is -2.56. The molecule has 1 aromatic heterocycles. The van der Waals surface area contributed by atoms with E-state index in [-0.39, 0.29) is 24.6 Å². The zero-order chi connectivity index (χ0) is 23.0. The summed E-state index contributed by atoms with van der Waals surface area (Å²) in [6.07, 6.45) is 5.46. The van der Waals surface area contributed by atoms with E-state index < -0.39 is 5.60 Å². The number of ether oxygens (including phenoxy) is 3. The van der Waals surface area contributed by atoms with Crippen LogP contribution in [0.4, 0.5) is 5.82 Å². The molecular formula is C25H28N4O4. The first kappa shape index (κ1) is 21.5. The molecule has 5 rings (SSSR count). The number of nitriles is 1. The van der Waals surface area contributed by atoms with E-state index >= 15 is 0 Å². The monoisotopic (exact) mass is 448 g/mol. The first-order valence-corrected chi connectivity index (χ1v) is 11.4. The standard InChI is InChI=1S/C25H28N4O4/c1-31-21-7-4-18(11-22(21)32-2)25(9-10-25)33-16-24(30)28-14-19-5-6-20(15-28)29(19)23-8-3-17(12-26)13-27-23/h3-4,7-8,11,13,19-20H,5-6,9-10,14-16H2,1-2H3. The molecule has 8 heteroatoms. The van der Waals surface area contributed by atoms with Crippen LogP contribution in [0.25, 0.3) is 0 Å². The molecule has 1 amide bonds. The van der Waals surface area contributed by atoms with Gasteiger partial charge in [0.15, 0.2) is 11.5 Å². The lowest BCUT2D eigenvalue weighted by atomic mass is 10.1. The van der Waals surface area contributed by atoms with Gasteiger partial charge >= 0.3 is 0 Å². The molecular weight excluding hydrogens is 420 g/mol. The molecule has 0 N–H and O–H groups in total. The van der Waals surface area contributed by atoms with Gasteiger partial charge in [-0.15, -0.1) is 0 Å². The van der Waals surface area contributed by atoms with Gasteiger partial charge in [-0.25, -0.2) is 4.98 Å². The molecule has 2 aromatic rings. The molecule has 33 heavy (non-hydrogen) atoms. The summed E-state index contributed by atoms with van der Waals surface area (Å²) in [6, 6.07) is 12.1. The van der Waals surface area contributed by atoms with Gasteiger partial charge in [-0.3, -0.25) is 4.79 Å². The number of methoxy groups -OCH3 is 2. The Labute approximate surface area is 193 Å². The lowest BCUT2D eigenvalue weighted by Gasteiger charge is -2.41. The third kappa shape index (κ3) is 3.98. The Bertz CT molecular complexity index is 1060. The van der Waals surface area contributed by atoms with Gasteiger partial charge in [-0.1, -0.05) is 6.07 Å². The Morgan fingerprint density at radius 2 is 1.85 bits per heavy atom. The molecule has 3 aliphatic rings. The number of likely N-dealkylation sites (tertiary alicyclic amines) is 1. The Hall–Kier alpha value is -3.31. The minimum absolute atomic E-state index is 0.0334. The van der Waals surface area contributed by atoms with E-state index in [1.807, 2.05) is 29.2 Å². The second-order valence-electron chi connectivity index (χ2n) is 8.96. The third-order valence-corrected chi connectivity index (χ3v) is 7.06. The van der Waals surface area contributed by atoms with Gasteiger partial charge in [0, 0.05) is 31.4 Å². The summed E-state index contributed by atoms with van der Waals surface area (Å²) >= 11 is 0. The number of rotatable bonds is 7. The van der Waals surface area contributed by atoms with Crippen molar-refractivity contribution in [3.8, 4) is 17.6 Å². The molecule has 3 fully saturated rings. The first-order chi connectivity index (χ1) is 16.1. The molecule has 2 atom stereocenters. The number of pyridine rings is 1. The van der Waals surface area contributed by atoms with Crippen molar-refractivity contribution in [2.24, 2.45) is 0 Å². The minimum Gasteiger partial charge on any atom is -0.493 e. The number of benzene rings is 1. The van der Waals surface area contributed by atoms with Crippen LogP contribution in [0, 0.1) is 11.3 Å². The predicted octanol–water partition coefficient (Wildman–Crippen LogP) is 2.86. The van der Waals surface area contributed by atoms with Crippen molar-refractivity contribution in [3.63, 3.8) is 0 Å². The van der Waals surface area contributed by atoms with Crippen molar-refractivity contribution in [3.05, 3.63) is 47.7 Å². The van der Waals surface area contributed by atoms with Crippen molar-refractivity contribution in [2.45, 2.75) is 43.4 Å². The van der Waals surface area contributed by atoms with Gasteiger partial charge in [-0.2, -0.15) is 5.26 Å². The fraction of sp³-hybridized carbons (Fsp3) is 0.480. The zero-order valence-electron chi connectivity index (χ0n) is 19.0. The number of nitrogens with zero attached hydrogens (tertiary/aromatic N) is 4. The Balaban J connectivity index is 1.22. The highest BCUT2D eigenvalue weighted by Crippen LogP contribution is 2.50. The number of carbonyl (C=O) groups is 1. The molecule has 2 bridgehead atoms. The van der Waals surface area contributed by atoms with Crippen LogP contribution in [0.15, 0.2) is 36.5 Å². The van der Waals surface area contributed by atoms with Gasteiger partial charge < -0.3 is 24.0 Å². The molecule has 2 aliphatic heterocycles. The summed E-state index contributed by atoms with van der Waals surface area (Å²) in [4.78, 5) is 21.8. The van der Waals surface area contributed by atoms with Crippen LogP contribution in [-0.4, -0.2) is 61.8 Å². The fourth-order valence-corrected chi connectivity index (χ4v) is 5.13. The average Bonchev–Trinajstić information content (AvgIpc) is 3.61. The van der Waals surface area contributed by atoms with E-state index in [1.165, 1.54) is 0 Å². The molecule has 1 aromatic carbocycles. The van der Waals surface area contributed by atoms with Crippen molar-refractivity contribution in [1.82, 2.24) is 9.88 Å². The quantitative estimate of drug-likeness (QED) is 0.644. The second-order valence-corrected chi connectivity index (χ2v) is 8.96. The van der Waals surface area contributed by atoms with Crippen molar-refractivity contribution >= 4 is 11.7 Å². The van der Waals surface area contributed by atoms with Gasteiger partial charge in [0.1, 0.15) is 18.5 Å². The maximum atomic E-state index is 13.1. The highest BCUT2D eigenvalue weighted by atomic mass is 16.5. The van der Waals surface area contributed by atoms with Crippen LogP contribution >= 0.6 is 0 Å². The van der Waals surface area contributed by atoms with Crippen LogP contribution in [0.5, 0.6) is 11.5 Å². The van der Waals surface area contributed by atoms with E-state index in [4.69, 9.17) is 19.5 Å². The Morgan fingerprint density at radius 3 is 2.42 bits per heavy atom. The van der Waals surface area contributed by atoms with Crippen LogP contribution in [0.3, 0.4) is 0 Å². The van der Waals surface area contributed by atoms with Gasteiger partial charge in [0.2, 0.25) is 5.91 Å². The summed E-state index contributed by atoms with van der Waals surface area (Å²) in [5, 5.41) is 9.01. The molecule has 2 saturated heterocycles. The largest absolute Gasteiger partial charge is 0.493 e. The van der Waals surface area contributed by atoms with Crippen molar-refractivity contribution < 1.29 is 19.0 Å². The predicted molar refractivity (Wildman–Crippen MR) is 121 cm³/mol. The number of aromatic nitrogens is 1. The van der Waals surface area contributed by atoms with Gasteiger partial charge in [0.25, 0.3) is 0 Å². The normalized spacial score (nSPS) is 22.6. The van der Waals surface area contributed by atoms with E-state index in [2.05, 4.69) is 16.0 Å². The average molecular weight is 449 g/mol. The summed E-state index contributed by atoms with van der Waals surface area (Å²) in [5.41, 5.74) is 1.16. The zero-order valence-corrected chi connectivity index (χ0v) is 19.0. The summed E-state index contributed by atoms with van der Waals surface area (Å²) < 4.78 is 17.0. The fourth-order valence-electron chi connectivity index (χ4n) is 5.13. The summed E-state index contributed by atoms with van der Waals surface area (Å²) in [6.45, 7) is 1.41. The summed E-state index contributed by atoms with van der Waals surface area (Å²) in [5.74, 6) is 2.26. The Kier molecular flexibility index (Phi) is 5.59. The smallest absolute Gasteiger partial charge is 0.248 e. The lowest BCUT2D eigenvalue weighted by molar-refractivity contribution is -0.140. The van der Waals surface area contributed by atoms with Crippen LogP contribution in [-0.2, 0) is 15.1 Å². The van der Waals surface area contributed by atoms with Crippen LogP contribution in [0.2, 0.25) is 0 Å². The molecule has 0 radical (unpaired) electrons. The molecule has 3 heterocycles. The number of hydrogen-bond acceptors (Lipinski definition) is 7. The van der Waals surface area contributed by atoms with E-state index in [0.717, 1.165) is 37.1 Å². The maximum Gasteiger partial charge on any atom is 0.248 e. The molecule has 0 spiro atoms. The van der Waals surface area contributed by atoms with E-state index in [1.54, 1.807) is 26.5 Å². The number of piperazine rings is 1. The van der Waals surface area contributed by atoms with E-state index in [9.17, 15) is 4.79 Å².